The van der Waals surface area contributed by atoms with Crippen LogP contribution in [0.15, 0.2) is 36.4 Å². The van der Waals surface area contributed by atoms with Crippen molar-refractivity contribution in [1.82, 2.24) is 0 Å². The molecule has 1 amide bonds. The van der Waals surface area contributed by atoms with E-state index in [1.807, 2.05) is 31.2 Å². The number of halogens is 1. The lowest BCUT2D eigenvalue weighted by molar-refractivity contribution is -0.115. The third-order valence-corrected chi connectivity index (χ3v) is 4.03. The molecule has 0 bridgehead atoms. The molecule has 0 aromatic heterocycles. The highest BCUT2D eigenvalue weighted by molar-refractivity contribution is 6.31. The zero-order valence-corrected chi connectivity index (χ0v) is 14.7. The summed E-state index contributed by atoms with van der Waals surface area (Å²) in [4.78, 5) is 12.1. The molecule has 0 atom stereocenters. The molecular formula is C18H21ClN2O3. The first-order valence-electron chi connectivity index (χ1n) is 7.56. The molecule has 0 saturated heterocycles. The standard InChI is InChI=1S/C18H21ClN2O3/c1-12-14(19)5-4-6-15(12)21-18(22)9-10-20-16-8-7-13(23-2)11-17(16)24-3/h4-8,11,20H,9-10H2,1-3H3,(H,21,22). The Morgan fingerprint density at radius 1 is 1.12 bits per heavy atom. The van der Waals surface area contributed by atoms with Crippen LogP contribution in [0.1, 0.15) is 12.0 Å². The SMILES string of the molecule is COc1ccc(NCCC(=O)Nc2cccc(Cl)c2C)c(OC)c1. The van der Waals surface area contributed by atoms with E-state index in [-0.39, 0.29) is 5.91 Å². The van der Waals surface area contributed by atoms with E-state index in [1.54, 1.807) is 26.4 Å². The summed E-state index contributed by atoms with van der Waals surface area (Å²) in [7, 11) is 3.19. The molecular weight excluding hydrogens is 328 g/mol. The lowest BCUT2D eigenvalue weighted by atomic mass is 10.2. The Labute approximate surface area is 146 Å². The summed E-state index contributed by atoms with van der Waals surface area (Å²) in [6.45, 7) is 2.35. The van der Waals surface area contributed by atoms with Crippen LogP contribution in [0.4, 0.5) is 11.4 Å². The van der Waals surface area contributed by atoms with E-state index < -0.39 is 0 Å². The molecule has 0 fully saturated rings. The summed E-state index contributed by atoms with van der Waals surface area (Å²) < 4.78 is 10.5. The smallest absolute Gasteiger partial charge is 0.226 e. The molecule has 128 valence electrons. The molecule has 0 saturated carbocycles. The number of amides is 1. The fraction of sp³-hybridized carbons (Fsp3) is 0.278. The normalized spacial score (nSPS) is 10.2. The molecule has 5 nitrogen and oxygen atoms in total. The van der Waals surface area contributed by atoms with Gasteiger partial charge in [-0.25, -0.2) is 0 Å². The molecule has 0 radical (unpaired) electrons. The van der Waals surface area contributed by atoms with Crippen molar-refractivity contribution in [1.29, 1.82) is 0 Å². The van der Waals surface area contributed by atoms with Crippen LogP contribution < -0.4 is 20.1 Å². The summed E-state index contributed by atoms with van der Waals surface area (Å²) >= 11 is 6.05. The third-order valence-electron chi connectivity index (χ3n) is 3.62. The topological polar surface area (TPSA) is 59.6 Å². The molecule has 0 aliphatic heterocycles. The average Bonchev–Trinajstić information content (AvgIpc) is 2.59. The van der Waals surface area contributed by atoms with Crippen molar-refractivity contribution in [2.75, 3.05) is 31.4 Å². The Balaban J connectivity index is 1.90. The number of methoxy groups -OCH3 is 2. The number of rotatable bonds is 7. The van der Waals surface area contributed by atoms with Gasteiger partial charge in [-0.05, 0) is 36.8 Å². The van der Waals surface area contributed by atoms with Crippen molar-refractivity contribution < 1.29 is 14.3 Å². The predicted molar refractivity (Wildman–Crippen MR) is 97.5 cm³/mol. The summed E-state index contributed by atoms with van der Waals surface area (Å²) in [6.07, 6.45) is 0.321. The highest BCUT2D eigenvalue weighted by Gasteiger charge is 2.08. The van der Waals surface area contributed by atoms with Crippen molar-refractivity contribution in [2.45, 2.75) is 13.3 Å². The number of ether oxygens (including phenoxy) is 2. The van der Waals surface area contributed by atoms with Gasteiger partial charge >= 0.3 is 0 Å². The minimum atomic E-state index is -0.0830. The zero-order chi connectivity index (χ0) is 17.5. The van der Waals surface area contributed by atoms with Gasteiger partial charge in [-0.15, -0.1) is 0 Å². The van der Waals surface area contributed by atoms with Crippen LogP contribution in [0.3, 0.4) is 0 Å². The monoisotopic (exact) mass is 348 g/mol. The van der Waals surface area contributed by atoms with E-state index >= 15 is 0 Å². The van der Waals surface area contributed by atoms with Crippen molar-refractivity contribution in [3.05, 3.63) is 47.0 Å². The summed E-state index contributed by atoms with van der Waals surface area (Å²) in [5.41, 5.74) is 2.40. The fourth-order valence-corrected chi connectivity index (χ4v) is 2.39. The maximum Gasteiger partial charge on any atom is 0.226 e. The van der Waals surface area contributed by atoms with Gasteiger partial charge in [-0.3, -0.25) is 4.79 Å². The summed E-state index contributed by atoms with van der Waals surface area (Å²) in [6, 6.07) is 10.9. The van der Waals surface area contributed by atoms with Crippen LogP contribution in [0.2, 0.25) is 5.02 Å². The molecule has 0 spiro atoms. The Bertz CT molecular complexity index is 719. The first-order valence-corrected chi connectivity index (χ1v) is 7.93. The van der Waals surface area contributed by atoms with Crippen LogP contribution in [0.5, 0.6) is 11.5 Å². The number of nitrogens with one attached hydrogen (secondary N) is 2. The van der Waals surface area contributed by atoms with Crippen molar-refractivity contribution >= 4 is 28.9 Å². The van der Waals surface area contributed by atoms with Crippen LogP contribution in [0, 0.1) is 6.92 Å². The number of hydrogen-bond acceptors (Lipinski definition) is 4. The van der Waals surface area contributed by atoms with Gasteiger partial charge in [-0.2, -0.15) is 0 Å². The van der Waals surface area contributed by atoms with Crippen molar-refractivity contribution in [2.24, 2.45) is 0 Å². The molecule has 6 heteroatoms. The third kappa shape index (κ3) is 4.55. The van der Waals surface area contributed by atoms with E-state index in [4.69, 9.17) is 21.1 Å². The minimum Gasteiger partial charge on any atom is -0.497 e. The molecule has 24 heavy (non-hydrogen) atoms. The van der Waals surface area contributed by atoms with Crippen LogP contribution >= 0.6 is 11.6 Å². The van der Waals surface area contributed by atoms with Crippen molar-refractivity contribution in [3.8, 4) is 11.5 Å². The fourth-order valence-electron chi connectivity index (χ4n) is 2.21. The van der Waals surface area contributed by atoms with Gasteiger partial charge in [0.05, 0.1) is 19.9 Å². The number of benzene rings is 2. The second-order valence-electron chi connectivity index (χ2n) is 5.20. The number of anilines is 2. The van der Waals surface area contributed by atoms with Crippen LogP contribution in [-0.4, -0.2) is 26.7 Å². The largest absolute Gasteiger partial charge is 0.497 e. The predicted octanol–water partition coefficient (Wildman–Crippen LogP) is 4.11. The molecule has 2 aromatic carbocycles. The minimum absolute atomic E-state index is 0.0830. The average molecular weight is 349 g/mol. The lowest BCUT2D eigenvalue weighted by Crippen LogP contribution is -2.17. The van der Waals surface area contributed by atoms with Crippen molar-refractivity contribution in [3.63, 3.8) is 0 Å². The molecule has 2 rings (SSSR count). The Morgan fingerprint density at radius 2 is 1.92 bits per heavy atom. The van der Waals surface area contributed by atoms with Gasteiger partial charge < -0.3 is 20.1 Å². The summed E-state index contributed by atoms with van der Waals surface area (Å²) in [5, 5.41) is 6.69. The van der Waals surface area contributed by atoms with Gasteiger partial charge in [0.1, 0.15) is 11.5 Å². The summed E-state index contributed by atoms with van der Waals surface area (Å²) in [5.74, 6) is 1.30. The molecule has 0 heterocycles. The van der Waals surface area contributed by atoms with Gasteiger partial charge in [0.25, 0.3) is 0 Å². The molecule has 0 aliphatic carbocycles. The number of carbonyl (C=O) groups excluding carboxylic acids is 1. The van der Waals surface area contributed by atoms with E-state index in [9.17, 15) is 4.79 Å². The maximum atomic E-state index is 12.1. The zero-order valence-electron chi connectivity index (χ0n) is 14.0. The first-order chi connectivity index (χ1) is 11.5. The van der Waals surface area contributed by atoms with E-state index in [1.165, 1.54) is 0 Å². The van der Waals surface area contributed by atoms with Gasteiger partial charge in [0.15, 0.2) is 0 Å². The molecule has 0 aliphatic rings. The van der Waals surface area contributed by atoms with Gasteiger partial charge in [0, 0.05) is 29.7 Å². The van der Waals surface area contributed by atoms with Gasteiger partial charge in [-0.1, -0.05) is 17.7 Å². The first kappa shape index (κ1) is 17.9. The molecule has 2 N–H and O–H groups in total. The van der Waals surface area contributed by atoms with E-state index in [0.29, 0.717) is 29.5 Å². The Kier molecular flexibility index (Phi) is 6.32. The highest BCUT2D eigenvalue weighted by atomic mass is 35.5. The van der Waals surface area contributed by atoms with E-state index in [2.05, 4.69) is 10.6 Å². The molecule has 0 unspecified atom stereocenters. The molecule has 2 aromatic rings. The van der Waals surface area contributed by atoms with Crippen LogP contribution in [0.25, 0.3) is 0 Å². The maximum absolute atomic E-state index is 12.1. The van der Waals surface area contributed by atoms with E-state index in [0.717, 1.165) is 16.9 Å². The van der Waals surface area contributed by atoms with Gasteiger partial charge in [0.2, 0.25) is 5.91 Å². The lowest BCUT2D eigenvalue weighted by Gasteiger charge is -2.13. The second kappa shape index (κ2) is 8.45. The Hall–Kier alpha value is -2.40. The Morgan fingerprint density at radius 3 is 2.62 bits per heavy atom. The van der Waals surface area contributed by atoms with Crippen LogP contribution in [-0.2, 0) is 4.79 Å². The highest BCUT2D eigenvalue weighted by Crippen LogP contribution is 2.29. The quantitative estimate of drug-likeness (QED) is 0.790. The second-order valence-corrected chi connectivity index (χ2v) is 5.61. The number of carbonyl (C=O) groups is 1. The number of hydrogen-bond donors (Lipinski definition) is 2.